The molecule has 0 bridgehead atoms. The monoisotopic (exact) mass is 285 g/mol. The number of aromatic nitrogens is 2. The fraction of sp³-hybridized carbons (Fsp3) is 0.529. The Labute approximate surface area is 125 Å². The van der Waals surface area contributed by atoms with Crippen molar-refractivity contribution in [2.24, 2.45) is 0 Å². The van der Waals surface area contributed by atoms with Gasteiger partial charge in [0.15, 0.2) is 0 Å². The SMILES string of the molecule is CC(c1nc2ccccc2c(=O)[nH]1)N1CCCCCCC1. The largest absolute Gasteiger partial charge is 0.309 e. The van der Waals surface area contributed by atoms with Crippen LogP contribution in [0.2, 0.25) is 0 Å². The van der Waals surface area contributed by atoms with Gasteiger partial charge in [0.2, 0.25) is 0 Å². The predicted molar refractivity (Wildman–Crippen MR) is 85.4 cm³/mol. The van der Waals surface area contributed by atoms with Gasteiger partial charge in [-0.05, 0) is 45.0 Å². The summed E-state index contributed by atoms with van der Waals surface area (Å²) in [5.74, 6) is 0.791. The minimum atomic E-state index is -0.0329. The fourth-order valence-electron chi connectivity index (χ4n) is 3.13. The van der Waals surface area contributed by atoms with E-state index in [-0.39, 0.29) is 11.6 Å². The maximum Gasteiger partial charge on any atom is 0.258 e. The van der Waals surface area contributed by atoms with Crippen LogP contribution in [-0.4, -0.2) is 28.0 Å². The van der Waals surface area contributed by atoms with E-state index in [0.29, 0.717) is 5.39 Å². The Morgan fingerprint density at radius 3 is 2.52 bits per heavy atom. The molecule has 1 aromatic carbocycles. The van der Waals surface area contributed by atoms with Crippen molar-refractivity contribution in [2.45, 2.75) is 45.1 Å². The highest BCUT2D eigenvalue weighted by Gasteiger charge is 2.19. The van der Waals surface area contributed by atoms with E-state index in [1.807, 2.05) is 24.3 Å². The Balaban J connectivity index is 1.89. The van der Waals surface area contributed by atoms with Gasteiger partial charge in [0.1, 0.15) is 5.82 Å². The lowest BCUT2D eigenvalue weighted by atomic mass is 10.1. The molecule has 4 heteroatoms. The predicted octanol–water partition coefficient (Wildman–Crippen LogP) is 3.25. The highest BCUT2D eigenvalue weighted by Crippen LogP contribution is 2.21. The lowest BCUT2D eigenvalue weighted by Gasteiger charge is -2.29. The number of rotatable bonds is 2. The lowest BCUT2D eigenvalue weighted by molar-refractivity contribution is 0.185. The van der Waals surface area contributed by atoms with Gasteiger partial charge in [-0.2, -0.15) is 0 Å². The van der Waals surface area contributed by atoms with E-state index in [9.17, 15) is 4.79 Å². The maximum atomic E-state index is 12.2. The fourth-order valence-corrected chi connectivity index (χ4v) is 3.13. The first-order chi connectivity index (χ1) is 10.3. The van der Waals surface area contributed by atoms with Gasteiger partial charge in [-0.1, -0.05) is 31.4 Å². The molecule has 0 aliphatic carbocycles. The summed E-state index contributed by atoms with van der Waals surface area (Å²) in [4.78, 5) is 22.3. The standard InChI is InChI=1S/C17H23N3O/c1-13(20-11-7-3-2-4-8-12-20)16-18-15-10-6-5-9-14(15)17(21)19-16/h5-6,9-10,13H,2-4,7-8,11-12H2,1H3,(H,18,19,21). The van der Waals surface area contributed by atoms with Crippen molar-refractivity contribution in [2.75, 3.05) is 13.1 Å². The molecule has 2 aromatic rings. The van der Waals surface area contributed by atoms with Crippen LogP contribution >= 0.6 is 0 Å². The number of aromatic amines is 1. The summed E-state index contributed by atoms with van der Waals surface area (Å²) >= 11 is 0. The molecule has 1 aliphatic heterocycles. The van der Waals surface area contributed by atoms with E-state index in [2.05, 4.69) is 21.8 Å². The van der Waals surface area contributed by atoms with E-state index in [0.717, 1.165) is 24.4 Å². The first-order valence-corrected chi connectivity index (χ1v) is 7.99. The summed E-state index contributed by atoms with van der Waals surface area (Å²) in [6.45, 7) is 4.34. The van der Waals surface area contributed by atoms with Crippen LogP contribution in [0.25, 0.3) is 10.9 Å². The van der Waals surface area contributed by atoms with Crippen LogP contribution in [0.3, 0.4) is 0 Å². The number of hydrogen-bond acceptors (Lipinski definition) is 3. The first-order valence-electron chi connectivity index (χ1n) is 7.99. The minimum absolute atomic E-state index is 0.0329. The van der Waals surface area contributed by atoms with Crippen molar-refractivity contribution in [1.29, 1.82) is 0 Å². The van der Waals surface area contributed by atoms with Crippen LogP contribution in [0.5, 0.6) is 0 Å². The topological polar surface area (TPSA) is 49.0 Å². The smallest absolute Gasteiger partial charge is 0.258 e. The van der Waals surface area contributed by atoms with Gasteiger partial charge in [0, 0.05) is 0 Å². The van der Waals surface area contributed by atoms with Gasteiger partial charge >= 0.3 is 0 Å². The molecule has 1 atom stereocenters. The van der Waals surface area contributed by atoms with Gasteiger partial charge in [-0.15, -0.1) is 0 Å². The van der Waals surface area contributed by atoms with Crippen LogP contribution in [0.15, 0.2) is 29.1 Å². The summed E-state index contributed by atoms with van der Waals surface area (Å²) in [6.07, 6.45) is 6.45. The van der Waals surface area contributed by atoms with Crippen LogP contribution in [0.4, 0.5) is 0 Å². The molecule has 1 unspecified atom stereocenters. The molecule has 1 N–H and O–H groups in total. The molecule has 1 fully saturated rings. The molecule has 1 aliphatic rings. The Hall–Kier alpha value is -1.68. The number of nitrogens with one attached hydrogen (secondary N) is 1. The molecule has 4 nitrogen and oxygen atoms in total. The van der Waals surface area contributed by atoms with Gasteiger partial charge < -0.3 is 4.98 Å². The highest BCUT2D eigenvalue weighted by molar-refractivity contribution is 5.77. The molecule has 0 saturated carbocycles. The number of hydrogen-bond donors (Lipinski definition) is 1. The van der Waals surface area contributed by atoms with Gasteiger partial charge in [0.05, 0.1) is 16.9 Å². The molecule has 3 rings (SSSR count). The first kappa shape index (κ1) is 14.3. The van der Waals surface area contributed by atoms with Crippen molar-refractivity contribution in [3.8, 4) is 0 Å². The Bertz CT molecular complexity index is 656. The molecule has 0 radical (unpaired) electrons. The van der Waals surface area contributed by atoms with Crippen molar-refractivity contribution >= 4 is 10.9 Å². The Morgan fingerprint density at radius 2 is 1.76 bits per heavy atom. The minimum Gasteiger partial charge on any atom is -0.309 e. The summed E-state index contributed by atoms with van der Waals surface area (Å²) in [7, 11) is 0. The van der Waals surface area contributed by atoms with Crippen molar-refractivity contribution in [3.05, 3.63) is 40.4 Å². The highest BCUT2D eigenvalue weighted by atomic mass is 16.1. The van der Waals surface area contributed by atoms with Gasteiger partial charge in [-0.3, -0.25) is 9.69 Å². The van der Waals surface area contributed by atoms with Crippen LogP contribution in [0, 0.1) is 0 Å². The second kappa shape index (κ2) is 6.39. The Kier molecular flexibility index (Phi) is 4.34. The summed E-state index contributed by atoms with van der Waals surface area (Å²) in [5, 5.41) is 0.668. The van der Waals surface area contributed by atoms with Crippen molar-refractivity contribution in [3.63, 3.8) is 0 Å². The molecular formula is C17H23N3O. The molecule has 1 saturated heterocycles. The average molecular weight is 285 g/mol. The molecule has 2 heterocycles. The average Bonchev–Trinajstić information content (AvgIpc) is 2.46. The van der Waals surface area contributed by atoms with Crippen LogP contribution < -0.4 is 5.56 Å². The van der Waals surface area contributed by atoms with Crippen LogP contribution in [0.1, 0.15) is 50.9 Å². The normalized spacial score (nSPS) is 19.1. The Morgan fingerprint density at radius 1 is 1.10 bits per heavy atom. The number of nitrogens with zero attached hydrogens (tertiary/aromatic N) is 2. The van der Waals surface area contributed by atoms with Gasteiger partial charge in [0.25, 0.3) is 5.56 Å². The third-order valence-electron chi connectivity index (χ3n) is 4.47. The quantitative estimate of drug-likeness (QED) is 0.921. The van der Waals surface area contributed by atoms with E-state index in [1.54, 1.807) is 0 Å². The van der Waals surface area contributed by atoms with Crippen molar-refractivity contribution in [1.82, 2.24) is 14.9 Å². The number of fused-ring (bicyclic) bond motifs is 1. The second-order valence-electron chi connectivity index (χ2n) is 5.95. The molecule has 112 valence electrons. The summed E-state index contributed by atoms with van der Waals surface area (Å²) in [6, 6.07) is 7.71. The maximum absolute atomic E-state index is 12.2. The molecular weight excluding hydrogens is 262 g/mol. The molecule has 21 heavy (non-hydrogen) atoms. The molecule has 1 aromatic heterocycles. The van der Waals surface area contributed by atoms with E-state index in [4.69, 9.17) is 0 Å². The number of para-hydroxylation sites is 1. The lowest BCUT2D eigenvalue weighted by Crippen LogP contribution is -2.32. The van der Waals surface area contributed by atoms with Crippen LogP contribution in [-0.2, 0) is 0 Å². The molecule has 0 spiro atoms. The number of H-pyrrole nitrogens is 1. The second-order valence-corrected chi connectivity index (χ2v) is 5.95. The third kappa shape index (κ3) is 3.16. The summed E-state index contributed by atoms with van der Waals surface area (Å²) < 4.78 is 0. The zero-order valence-corrected chi connectivity index (χ0v) is 12.6. The van der Waals surface area contributed by atoms with Gasteiger partial charge in [-0.25, -0.2) is 4.98 Å². The number of likely N-dealkylation sites (tertiary alicyclic amines) is 1. The van der Waals surface area contributed by atoms with E-state index in [1.165, 1.54) is 32.1 Å². The zero-order valence-electron chi connectivity index (χ0n) is 12.6. The summed E-state index contributed by atoms with van der Waals surface area (Å²) in [5.41, 5.74) is 0.754. The zero-order chi connectivity index (χ0) is 14.7. The van der Waals surface area contributed by atoms with E-state index >= 15 is 0 Å². The number of benzene rings is 1. The van der Waals surface area contributed by atoms with E-state index < -0.39 is 0 Å². The van der Waals surface area contributed by atoms with Crippen molar-refractivity contribution < 1.29 is 0 Å². The third-order valence-corrected chi connectivity index (χ3v) is 4.47. The molecule has 0 amide bonds.